The smallest absolute Gasteiger partial charge is 0.216 e. The van der Waals surface area contributed by atoms with Gasteiger partial charge in [0.2, 0.25) is 5.78 Å². The number of ether oxygens (including phenoxy) is 1. The SMILES string of the molecule is COc1ccc(Cl)cc1C(=O)c1cnc(C)cn1. The van der Waals surface area contributed by atoms with E-state index in [1.54, 1.807) is 31.3 Å². The molecule has 92 valence electrons. The quantitative estimate of drug-likeness (QED) is 0.798. The second-order valence-corrected chi connectivity index (χ2v) is 4.15. The Labute approximate surface area is 110 Å². The van der Waals surface area contributed by atoms with Gasteiger partial charge in [-0.1, -0.05) is 11.6 Å². The van der Waals surface area contributed by atoms with E-state index in [1.165, 1.54) is 13.3 Å². The van der Waals surface area contributed by atoms with Gasteiger partial charge in [-0.05, 0) is 25.1 Å². The van der Waals surface area contributed by atoms with Gasteiger partial charge in [-0.2, -0.15) is 0 Å². The molecule has 0 amide bonds. The summed E-state index contributed by atoms with van der Waals surface area (Å²) >= 11 is 5.89. The van der Waals surface area contributed by atoms with Gasteiger partial charge in [-0.15, -0.1) is 0 Å². The van der Waals surface area contributed by atoms with Crippen LogP contribution in [0.2, 0.25) is 5.02 Å². The minimum Gasteiger partial charge on any atom is -0.496 e. The monoisotopic (exact) mass is 262 g/mol. The first kappa shape index (κ1) is 12.5. The fourth-order valence-electron chi connectivity index (χ4n) is 1.51. The van der Waals surface area contributed by atoms with E-state index in [0.29, 0.717) is 16.3 Å². The molecule has 0 unspecified atom stereocenters. The minimum absolute atomic E-state index is 0.262. The number of aryl methyl sites for hydroxylation is 1. The van der Waals surface area contributed by atoms with Gasteiger partial charge >= 0.3 is 0 Å². The number of rotatable bonds is 3. The first-order chi connectivity index (χ1) is 8.61. The van der Waals surface area contributed by atoms with Crippen LogP contribution in [-0.2, 0) is 0 Å². The number of methoxy groups -OCH3 is 1. The lowest BCUT2D eigenvalue weighted by molar-refractivity contribution is 0.103. The molecule has 1 heterocycles. The maximum atomic E-state index is 12.2. The highest BCUT2D eigenvalue weighted by Gasteiger charge is 2.16. The van der Waals surface area contributed by atoms with Crippen molar-refractivity contribution in [1.29, 1.82) is 0 Å². The van der Waals surface area contributed by atoms with E-state index in [1.807, 2.05) is 0 Å². The second-order valence-electron chi connectivity index (χ2n) is 3.72. The van der Waals surface area contributed by atoms with E-state index in [-0.39, 0.29) is 11.5 Å². The van der Waals surface area contributed by atoms with Crippen molar-refractivity contribution in [2.75, 3.05) is 7.11 Å². The van der Waals surface area contributed by atoms with Crippen LogP contribution in [0.1, 0.15) is 21.7 Å². The van der Waals surface area contributed by atoms with E-state index < -0.39 is 0 Å². The lowest BCUT2D eigenvalue weighted by Crippen LogP contribution is -2.07. The molecule has 0 N–H and O–H groups in total. The van der Waals surface area contributed by atoms with Gasteiger partial charge in [0, 0.05) is 11.2 Å². The number of aromatic nitrogens is 2. The van der Waals surface area contributed by atoms with Gasteiger partial charge in [0.15, 0.2) is 0 Å². The number of benzene rings is 1. The zero-order valence-electron chi connectivity index (χ0n) is 9.98. The van der Waals surface area contributed by atoms with Gasteiger partial charge in [0.1, 0.15) is 11.4 Å². The van der Waals surface area contributed by atoms with Gasteiger partial charge in [0.25, 0.3) is 0 Å². The topological polar surface area (TPSA) is 52.1 Å². The van der Waals surface area contributed by atoms with Crippen LogP contribution in [0.15, 0.2) is 30.6 Å². The Morgan fingerprint density at radius 2 is 2.06 bits per heavy atom. The van der Waals surface area contributed by atoms with Crippen molar-refractivity contribution >= 4 is 17.4 Å². The van der Waals surface area contributed by atoms with E-state index in [0.717, 1.165) is 5.69 Å². The highest BCUT2D eigenvalue weighted by Crippen LogP contribution is 2.24. The Bertz CT molecular complexity index is 582. The number of halogens is 1. The zero-order chi connectivity index (χ0) is 13.1. The lowest BCUT2D eigenvalue weighted by Gasteiger charge is -2.07. The van der Waals surface area contributed by atoms with Gasteiger partial charge in [0.05, 0.1) is 24.6 Å². The molecule has 1 aromatic heterocycles. The summed E-state index contributed by atoms with van der Waals surface area (Å²) in [5.74, 6) is 0.202. The number of nitrogens with zero attached hydrogens (tertiary/aromatic N) is 2. The first-order valence-electron chi connectivity index (χ1n) is 5.28. The van der Waals surface area contributed by atoms with Crippen LogP contribution in [0, 0.1) is 6.92 Å². The van der Waals surface area contributed by atoms with E-state index in [2.05, 4.69) is 9.97 Å². The van der Waals surface area contributed by atoms with Crippen molar-refractivity contribution in [2.24, 2.45) is 0 Å². The summed E-state index contributed by atoms with van der Waals surface area (Å²) in [6.45, 7) is 1.81. The average Bonchev–Trinajstić information content (AvgIpc) is 2.39. The molecule has 0 radical (unpaired) electrons. The predicted molar refractivity (Wildman–Crippen MR) is 68.2 cm³/mol. The number of carbonyl (C=O) groups is 1. The van der Waals surface area contributed by atoms with Crippen LogP contribution < -0.4 is 4.74 Å². The van der Waals surface area contributed by atoms with Crippen molar-refractivity contribution in [3.05, 3.63) is 52.6 Å². The molecular weight excluding hydrogens is 252 g/mol. The Morgan fingerprint density at radius 3 is 2.67 bits per heavy atom. The minimum atomic E-state index is -0.262. The number of hydrogen-bond acceptors (Lipinski definition) is 4. The molecule has 0 atom stereocenters. The number of hydrogen-bond donors (Lipinski definition) is 0. The molecule has 0 aliphatic rings. The largest absolute Gasteiger partial charge is 0.496 e. The van der Waals surface area contributed by atoms with Crippen LogP contribution in [0.3, 0.4) is 0 Å². The summed E-state index contributed by atoms with van der Waals surface area (Å²) in [5, 5.41) is 0.472. The van der Waals surface area contributed by atoms with Crippen molar-refractivity contribution in [1.82, 2.24) is 9.97 Å². The molecule has 0 aliphatic heterocycles. The van der Waals surface area contributed by atoms with Gasteiger partial charge in [-0.25, -0.2) is 4.98 Å². The third kappa shape index (κ3) is 2.49. The standard InChI is InChI=1S/C13H11ClN2O2/c1-8-6-16-11(7-15-8)13(17)10-5-9(14)3-4-12(10)18-2/h3-7H,1-2H3. The van der Waals surface area contributed by atoms with E-state index in [4.69, 9.17) is 16.3 Å². The molecule has 2 rings (SSSR count). The summed E-state index contributed by atoms with van der Waals surface area (Å²) in [6.07, 6.45) is 2.99. The predicted octanol–water partition coefficient (Wildman–Crippen LogP) is 2.68. The lowest BCUT2D eigenvalue weighted by atomic mass is 10.1. The fourth-order valence-corrected chi connectivity index (χ4v) is 1.68. The third-order valence-electron chi connectivity index (χ3n) is 2.42. The number of carbonyl (C=O) groups excluding carboxylic acids is 1. The maximum absolute atomic E-state index is 12.2. The fraction of sp³-hybridized carbons (Fsp3) is 0.154. The highest BCUT2D eigenvalue weighted by atomic mass is 35.5. The Balaban J connectivity index is 2.45. The van der Waals surface area contributed by atoms with Crippen molar-refractivity contribution in [2.45, 2.75) is 6.92 Å². The summed E-state index contributed by atoms with van der Waals surface area (Å²) < 4.78 is 5.14. The third-order valence-corrected chi connectivity index (χ3v) is 2.65. The van der Waals surface area contributed by atoms with E-state index in [9.17, 15) is 4.79 Å². The Morgan fingerprint density at radius 1 is 1.28 bits per heavy atom. The Hall–Kier alpha value is -1.94. The van der Waals surface area contributed by atoms with Crippen LogP contribution in [0.5, 0.6) is 5.75 Å². The summed E-state index contributed by atoms with van der Waals surface area (Å²) in [6, 6.07) is 4.87. The normalized spacial score (nSPS) is 10.2. The summed E-state index contributed by atoms with van der Waals surface area (Å²) in [5.41, 5.74) is 1.40. The van der Waals surface area contributed by atoms with Crippen LogP contribution in [-0.4, -0.2) is 22.9 Å². The molecule has 1 aromatic carbocycles. The summed E-state index contributed by atoms with van der Waals surface area (Å²) in [7, 11) is 1.50. The molecule has 0 aliphatic carbocycles. The van der Waals surface area contributed by atoms with Gasteiger partial charge < -0.3 is 4.74 Å². The zero-order valence-corrected chi connectivity index (χ0v) is 10.7. The molecular formula is C13H11ClN2O2. The molecule has 0 spiro atoms. The van der Waals surface area contributed by atoms with Gasteiger partial charge in [-0.3, -0.25) is 9.78 Å². The van der Waals surface area contributed by atoms with Crippen LogP contribution >= 0.6 is 11.6 Å². The molecule has 18 heavy (non-hydrogen) atoms. The van der Waals surface area contributed by atoms with Crippen LogP contribution in [0.4, 0.5) is 0 Å². The first-order valence-corrected chi connectivity index (χ1v) is 5.66. The van der Waals surface area contributed by atoms with Crippen molar-refractivity contribution < 1.29 is 9.53 Å². The highest BCUT2D eigenvalue weighted by molar-refractivity contribution is 6.31. The van der Waals surface area contributed by atoms with E-state index >= 15 is 0 Å². The summed E-state index contributed by atoms with van der Waals surface area (Å²) in [4.78, 5) is 20.3. The molecule has 0 saturated heterocycles. The maximum Gasteiger partial charge on any atom is 0.216 e. The number of ketones is 1. The molecule has 0 bridgehead atoms. The molecule has 5 heteroatoms. The Kier molecular flexibility index (Phi) is 3.58. The molecule has 0 saturated carbocycles. The van der Waals surface area contributed by atoms with Crippen LogP contribution in [0.25, 0.3) is 0 Å². The van der Waals surface area contributed by atoms with Crippen molar-refractivity contribution in [3.63, 3.8) is 0 Å². The molecule has 2 aromatic rings. The molecule has 0 fully saturated rings. The van der Waals surface area contributed by atoms with Crippen molar-refractivity contribution in [3.8, 4) is 5.75 Å². The molecule has 4 nitrogen and oxygen atoms in total. The average molecular weight is 263 g/mol. The second kappa shape index (κ2) is 5.14.